The van der Waals surface area contributed by atoms with Crippen LogP contribution in [0.5, 0.6) is 17.2 Å². The summed E-state index contributed by atoms with van der Waals surface area (Å²) in [5.41, 5.74) is 2.73. The van der Waals surface area contributed by atoms with E-state index in [1.54, 1.807) is 18.2 Å². The number of hydrogen-bond donors (Lipinski definition) is 2. The maximum atomic E-state index is 11.0. The highest BCUT2D eigenvalue weighted by atomic mass is 16.5. The van der Waals surface area contributed by atoms with Crippen LogP contribution in [-0.4, -0.2) is 27.2 Å². The Morgan fingerprint density at radius 1 is 1.17 bits per heavy atom. The van der Waals surface area contributed by atoms with Crippen LogP contribution in [0.4, 0.5) is 0 Å². The van der Waals surface area contributed by atoms with Gasteiger partial charge < -0.3 is 14.2 Å². The lowest BCUT2D eigenvalue weighted by atomic mass is 10.1. The first-order valence-corrected chi connectivity index (χ1v) is 5.15. The summed E-state index contributed by atoms with van der Waals surface area (Å²) in [4.78, 5) is 11.0. The Morgan fingerprint density at radius 3 is 2.11 bits per heavy atom. The molecule has 0 atom stereocenters. The van der Waals surface area contributed by atoms with Crippen LogP contribution in [0.3, 0.4) is 0 Å². The molecule has 0 aliphatic heterocycles. The van der Waals surface area contributed by atoms with E-state index in [1.165, 1.54) is 27.4 Å². The minimum atomic E-state index is -0.399. The van der Waals surface area contributed by atoms with Crippen LogP contribution >= 0.6 is 0 Å². The maximum absolute atomic E-state index is 11.0. The first kappa shape index (κ1) is 13.9. The van der Waals surface area contributed by atoms with Gasteiger partial charge in [0.15, 0.2) is 11.5 Å². The summed E-state index contributed by atoms with van der Waals surface area (Å²) in [5, 5.41) is 0. The third kappa shape index (κ3) is 3.14. The van der Waals surface area contributed by atoms with E-state index in [0.29, 0.717) is 17.2 Å². The van der Waals surface area contributed by atoms with E-state index in [4.69, 9.17) is 20.1 Å². The van der Waals surface area contributed by atoms with Crippen LogP contribution in [0.1, 0.15) is 5.56 Å². The molecule has 0 heterocycles. The monoisotopic (exact) mass is 252 g/mol. The average Bonchev–Trinajstić information content (AvgIpc) is 2.43. The highest BCUT2D eigenvalue weighted by Gasteiger charge is 2.11. The van der Waals surface area contributed by atoms with E-state index in [9.17, 15) is 4.79 Å². The fourth-order valence-electron chi connectivity index (χ4n) is 1.42. The van der Waals surface area contributed by atoms with E-state index >= 15 is 0 Å². The van der Waals surface area contributed by atoms with Crippen molar-refractivity contribution in [3.8, 4) is 17.2 Å². The fourth-order valence-corrected chi connectivity index (χ4v) is 1.42. The van der Waals surface area contributed by atoms with Gasteiger partial charge in [0.25, 0.3) is 5.91 Å². The Balaban J connectivity index is 3.15. The number of ether oxygens (including phenoxy) is 3. The topological polar surface area (TPSA) is 82.8 Å². The van der Waals surface area contributed by atoms with Crippen molar-refractivity contribution in [3.63, 3.8) is 0 Å². The van der Waals surface area contributed by atoms with E-state index < -0.39 is 5.91 Å². The number of hydrogen-bond acceptors (Lipinski definition) is 5. The van der Waals surface area contributed by atoms with Gasteiger partial charge in [0.1, 0.15) is 0 Å². The van der Waals surface area contributed by atoms with Gasteiger partial charge in [0, 0.05) is 6.08 Å². The summed E-state index contributed by atoms with van der Waals surface area (Å²) in [7, 11) is 4.58. The molecule has 0 unspecified atom stereocenters. The molecule has 0 aliphatic carbocycles. The van der Waals surface area contributed by atoms with Gasteiger partial charge in [-0.15, -0.1) is 0 Å². The summed E-state index contributed by atoms with van der Waals surface area (Å²) in [6.45, 7) is 0. The second-order valence-corrected chi connectivity index (χ2v) is 3.30. The van der Waals surface area contributed by atoms with Gasteiger partial charge in [-0.1, -0.05) is 0 Å². The van der Waals surface area contributed by atoms with Gasteiger partial charge in [-0.25, -0.2) is 5.84 Å². The number of rotatable bonds is 5. The quantitative estimate of drug-likeness (QED) is 0.349. The van der Waals surface area contributed by atoms with Crippen molar-refractivity contribution in [3.05, 3.63) is 23.8 Å². The molecule has 0 saturated carbocycles. The number of nitrogens with two attached hydrogens (primary N) is 1. The van der Waals surface area contributed by atoms with Crippen molar-refractivity contribution in [2.45, 2.75) is 0 Å². The smallest absolute Gasteiger partial charge is 0.257 e. The highest BCUT2D eigenvalue weighted by Crippen LogP contribution is 2.38. The lowest BCUT2D eigenvalue weighted by molar-refractivity contribution is -0.116. The number of nitrogens with one attached hydrogen (secondary N) is 1. The molecule has 0 bridgehead atoms. The van der Waals surface area contributed by atoms with Gasteiger partial charge in [-0.3, -0.25) is 10.2 Å². The number of hydrazine groups is 1. The average molecular weight is 252 g/mol. The molecule has 1 amide bonds. The molecule has 1 rings (SSSR count). The Bertz CT molecular complexity index is 432. The van der Waals surface area contributed by atoms with Crippen LogP contribution in [0.2, 0.25) is 0 Å². The number of carbonyl (C=O) groups excluding carboxylic acids is 1. The molecule has 0 aromatic heterocycles. The first-order valence-electron chi connectivity index (χ1n) is 5.15. The third-order valence-electron chi connectivity index (χ3n) is 2.26. The molecule has 0 radical (unpaired) electrons. The first-order chi connectivity index (χ1) is 8.65. The molecule has 0 aliphatic rings. The second-order valence-electron chi connectivity index (χ2n) is 3.30. The zero-order valence-electron chi connectivity index (χ0n) is 10.5. The molecular formula is C12H16N2O4. The van der Waals surface area contributed by atoms with Crippen molar-refractivity contribution in [2.24, 2.45) is 5.84 Å². The third-order valence-corrected chi connectivity index (χ3v) is 2.26. The van der Waals surface area contributed by atoms with Gasteiger partial charge in [-0.05, 0) is 23.8 Å². The molecule has 6 heteroatoms. The standard InChI is InChI=1S/C12H16N2O4/c1-16-9-6-8(4-5-11(15)14-13)7-10(17-2)12(9)18-3/h4-7H,13H2,1-3H3,(H,14,15)/b5-4+. The molecule has 0 spiro atoms. The van der Waals surface area contributed by atoms with Crippen molar-refractivity contribution < 1.29 is 19.0 Å². The van der Waals surface area contributed by atoms with Crippen LogP contribution in [-0.2, 0) is 4.79 Å². The number of carbonyl (C=O) groups is 1. The zero-order valence-corrected chi connectivity index (χ0v) is 10.5. The predicted octanol–water partition coefficient (Wildman–Crippen LogP) is 0.715. The molecule has 1 aromatic carbocycles. The molecule has 0 saturated heterocycles. The molecule has 6 nitrogen and oxygen atoms in total. The molecular weight excluding hydrogens is 236 g/mol. The van der Waals surface area contributed by atoms with Crippen molar-refractivity contribution in [1.29, 1.82) is 0 Å². The molecule has 18 heavy (non-hydrogen) atoms. The number of methoxy groups -OCH3 is 3. The number of benzene rings is 1. The van der Waals surface area contributed by atoms with Gasteiger partial charge >= 0.3 is 0 Å². The molecule has 98 valence electrons. The van der Waals surface area contributed by atoms with Crippen molar-refractivity contribution >= 4 is 12.0 Å². The summed E-state index contributed by atoms with van der Waals surface area (Å²) in [5.74, 6) is 6.11. The Hall–Kier alpha value is -2.21. The summed E-state index contributed by atoms with van der Waals surface area (Å²) in [6, 6.07) is 3.45. The van der Waals surface area contributed by atoms with Crippen LogP contribution in [0.25, 0.3) is 6.08 Å². The normalized spacial score (nSPS) is 10.2. The second kappa shape index (κ2) is 6.51. The molecule has 3 N–H and O–H groups in total. The van der Waals surface area contributed by atoms with Crippen molar-refractivity contribution in [2.75, 3.05) is 21.3 Å². The Kier molecular flexibility index (Phi) is 5.01. The van der Waals surface area contributed by atoms with Gasteiger partial charge in [0.05, 0.1) is 21.3 Å². The van der Waals surface area contributed by atoms with Crippen LogP contribution < -0.4 is 25.5 Å². The van der Waals surface area contributed by atoms with Crippen LogP contribution in [0.15, 0.2) is 18.2 Å². The molecule has 1 aromatic rings. The van der Waals surface area contributed by atoms with Gasteiger partial charge in [0.2, 0.25) is 5.75 Å². The largest absolute Gasteiger partial charge is 0.493 e. The summed E-state index contributed by atoms with van der Waals surface area (Å²) >= 11 is 0. The highest BCUT2D eigenvalue weighted by molar-refractivity contribution is 5.91. The Morgan fingerprint density at radius 2 is 1.72 bits per heavy atom. The Labute approximate surface area is 105 Å². The minimum absolute atomic E-state index is 0.399. The zero-order chi connectivity index (χ0) is 13.5. The molecule has 0 fully saturated rings. The van der Waals surface area contributed by atoms with Gasteiger partial charge in [-0.2, -0.15) is 0 Å². The SMILES string of the molecule is COc1cc(/C=C/C(=O)NN)cc(OC)c1OC. The lowest BCUT2D eigenvalue weighted by Crippen LogP contribution is -2.27. The van der Waals surface area contributed by atoms with E-state index in [-0.39, 0.29) is 0 Å². The number of amides is 1. The maximum Gasteiger partial charge on any atom is 0.257 e. The minimum Gasteiger partial charge on any atom is -0.493 e. The van der Waals surface area contributed by atoms with E-state index in [1.807, 2.05) is 5.43 Å². The van der Waals surface area contributed by atoms with Crippen LogP contribution in [0, 0.1) is 0 Å². The van der Waals surface area contributed by atoms with E-state index in [2.05, 4.69) is 0 Å². The summed E-state index contributed by atoms with van der Waals surface area (Å²) in [6.07, 6.45) is 2.90. The summed E-state index contributed by atoms with van der Waals surface area (Å²) < 4.78 is 15.6. The van der Waals surface area contributed by atoms with Crippen molar-refractivity contribution in [1.82, 2.24) is 5.43 Å². The predicted molar refractivity (Wildman–Crippen MR) is 67.5 cm³/mol. The lowest BCUT2D eigenvalue weighted by Gasteiger charge is -2.12. The van der Waals surface area contributed by atoms with E-state index in [0.717, 1.165) is 5.56 Å². The fraction of sp³-hybridized carbons (Fsp3) is 0.250.